The number of rotatable bonds is 11. The molecule has 0 radical (unpaired) electrons. The van der Waals surface area contributed by atoms with E-state index in [0.717, 1.165) is 30.9 Å². The van der Waals surface area contributed by atoms with E-state index in [2.05, 4.69) is 45.9 Å². The van der Waals surface area contributed by atoms with E-state index in [-0.39, 0.29) is 11.9 Å². The van der Waals surface area contributed by atoms with E-state index >= 15 is 0 Å². The SMILES string of the molecule is CC[C@H](C)C[C@H](C(=O)N1CCN(c2ccc(OCCOC)cc2)CC1)n1cc2c(nc(N)n3nc(-c4ccco4)nc23)n1. The maximum atomic E-state index is 14.1. The number of furan rings is 1. The number of amides is 1. The van der Waals surface area contributed by atoms with Gasteiger partial charge in [0, 0.05) is 45.2 Å². The van der Waals surface area contributed by atoms with E-state index in [1.165, 1.54) is 4.52 Å². The van der Waals surface area contributed by atoms with Gasteiger partial charge in [-0.05, 0) is 48.7 Å². The molecule has 2 N–H and O–H groups in total. The number of fused-ring (bicyclic) bond motifs is 3. The van der Waals surface area contributed by atoms with Gasteiger partial charge in [-0.1, -0.05) is 20.3 Å². The molecule has 1 aliphatic heterocycles. The number of methoxy groups -OCH3 is 1. The topological polar surface area (TPSA) is 142 Å². The third-order valence-electron chi connectivity index (χ3n) is 8.02. The van der Waals surface area contributed by atoms with Gasteiger partial charge in [-0.3, -0.25) is 9.48 Å². The summed E-state index contributed by atoms with van der Waals surface area (Å²) in [6.45, 7) is 8.07. The van der Waals surface area contributed by atoms with Crippen molar-refractivity contribution >= 4 is 34.2 Å². The van der Waals surface area contributed by atoms with Crippen molar-refractivity contribution in [2.75, 3.05) is 57.1 Å². The number of ether oxygens (including phenoxy) is 2. The molecule has 13 heteroatoms. The van der Waals surface area contributed by atoms with Crippen molar-refractivity contribution in [1.82, 2.24) is 34.3 Å². The van der Waals surface area contributed by atoms with Crippen LogP contribution in [0.3, 0.4) is 0 Å². The van der Waals surface area contributed by atoms with Crippen LogP contribution in [0.15, 0.2) is 53.3 Å². The highest BCUT2D eigenvalue weighted by Crippen LogP contribution is 2.28. The first-order chi connectivity index (χ1) is 20.9. The van der Waals surface area contributed by atoms with Gasteiger partial charge in [0.1, 0.15) is 18.4 Å². The summed E-state index contributed by atoms with van der Waals surface area (Å²) in [4.78, 5) is 27.4. The first-order valence-electron chi connectivity index (χ1n) is 14.7. The predicted octanol–water partition coefficient (Wildman–Crippen LogP) is 3.67. The highest BCUT2D eigenvalue weighted by molar-refractivity contribution is 5.91. The van der Waals surface area contributed by atoms with Crippen LogP contribution in [-0.2, 0) is 9.53 Å². The maximum Gasteiger partial charge on any atom is 0.247 e. The third-order valence-corrected chi connectivity index (χ3v) is 8.02. The summed E-state index contributed by atoms with van der Waals surface area (Å²) in [5.74, 6) is 2.27. The molecule has 226 valence electrons. The number of aromatic nitrogens is 6. The van der Waals surface area contributed by atoms with E-state index in [9.17, 15) is 4.79 Å². The number of carbonyl (C=O) groups is 1. The fourth-order valence-corrected chi connectivity index (χ4v) is 5.36. The summed E-state index contributed by atoms with van der Waals surface area (Å²) in [5, 5.41) is 9.89. The zero-order valence-corrected chi connectivity index (χ0v) is 24.7. The smallest absolute Gasteiger partial charge is 0.247 e. The lowest BCUT2D eigenvalue weighted by atomic mass is 9.98. The Morgan fingerprint density at radius 2 is 1.86 bits per heavy atom. The Labute approximate surface area is 249 Å². The normalized spacial score (nSPS) is 15.3. The molecule has 5 aromatic rings. The number of anilines is 2. The van der Waals surface area contributed by atoms with Crippen molar-refractivity contribution in [2.45, 2.75) is 32.7 Å². The van der Waals surface area contributed by atoms with Crippen LogP contribution < -0.4 is 15.4 Å². The number of benzene rings is 1. The molecule has 43 heavy (non-hydrogen) atoms. The molecule has 0 unspecified atom stereocenters. The lowest BCUT2D eigenvalue weighted by Crippen LogP contribution is -2.50. The van der Waals surface area contributed by atoms with Crippen LogP contribution in [0.1, 0.15) is 32.7 Å². The average molecular weight is 588 g/mol. The fourth-order valence-electron chi connectivity index (χ4n) is 5.36. The van der Waals surface area contributed by atoms with Gasteiger partial charge in [0.05, 0.1) is 18.3 Å². The maximum absolute atomic E-state index is 14.1. The van der Waals surface area contributed by atoms with Gasteiger partial charge in [-0.15, -0.1) is 5.10 Å². The fraction of sp³-hybridized carbons (Fsp3) is 0.433. The minimum absolute atomic E-state index is 0.0522. The van der Waals surface area contributed by atoms with Crippen molar-refractivity contribution in [3.05, 3.63) is 48.9 Å². The molecule has 1 fully saturated rings. The van der Waals surface area contributed by atoms with E-state index < -0.39 is 6.04 Å². The molecule has 0 spiro atoms. The van der Waals surface area contributed by atoms with Gasteiger partial charge in [0.25, 0.3) is 0 Å². The van der Waals surface area contributed by atoms with Crippen molar-refractivity contribution in [3.8, 4) is 17.3 Å². The zero-order valence-electron chi connectivity index (χ0n) is 24.7. The van der Waals surface area contributed by atoms with Gasteiger partial charge in [0.15, 0.2) is 17.1 Å². The number of piperazine rings is 1. The number of nitrogens with zero attached hydrogens (tertiary/aromatic N) is 8. The number of hydrogen-bond acceptors (Lipinski definition) is 10. The van der Waals surface area contributed by atoms with Crippen molar-refractivity contribution in [2.24, 2.45) is 5.92 Å². The van der Waals surface area contributed by atoms with Gasteiger partial charge >= 0.3 is 0 Å². The van der Waals surface area contributed by atoms with Crippen LogP contribution in [0.25, 0.3) is 28.3 Å². The first-order valence-corrected chi connectivity index (χ1v) is 14.7. The summed E-state index contributed by atoms with van der Waals surface area (Å²) in [6, 6.07) is 11.1. The summed E-state index contributed by atoms with van der Waals surface area (Å²) < 4.78 is 19.4. The van der Waals surface area contributed by atoms with Gasteiger partial charge in [-0.2, -0.15) is 14.6 Å². The summed E-state index contributed by atoms with van der Waals surface area (Å²) in [6.07, 6.45) is 5.02. The van der Waals surface area contributed by atoms with Gasteiger partial charge in [0.2, 0.25) is 17.7 Å². The largest absolute Gasteiger partial charge is 0.491 e. The lowest BCUT2D eigenvalue weighted by molar-refractivity contribution is -0.136. The second-order valence-corrected chi connectivity index (χ2v) is 10.9. The number of nitrogens with two attached hydrogens (primary N) is 1. The highest BCUT2D eigenvalue weighted by Gasteiger charge is 2.31. The molecule has 2 atom stereocenters. The predicted molar refractivity (Wildman–Crippen MR) is 162 cm³/mol. The van der Waals surface area contributed by atoms with Crippen molar-refractivity contribution < 1.29 is 18.7 Å². The Hall–Kier alpha value is -4.65. The van der Waals surface area contributed by atoms with Gasteiger partial charge < -0.3 is 29.4 Å². The lowest BCUT2D eigenvalue weighted by Gasteiger charge is -2.38. The molecular formula is C30H37N9O4. The van der Waals surface area contributed by atoms with E-state index in [1.807, 2.05) is 23.2 Å². The zero-order chi connectivity index (χ0) is 29.9. The summed E-state index contributed by atoms with van der Waals surface area (Å²) in [5.41, 5.74) is 8.27. The van der Waals surface area contributed by atoms with E-state index in [4.69, 9.17) is 24.7 Å². The van der Waals surface area contributed by atoms with Crippen LogP contribution >= 0.6 is 0 Å². The molecule has 0 aliphatic carbocycles. The van der Waals surface area contributed by atoms with Crippen LogP contribution in [0.4, 0.5) is 11.6 Å². The standard InChI is InChI=1S/C30H37N9O4/c1-4-20(2)18-24(29(40)37-13-11-36(12-14-37)21-7-9-22(10-8-21)42-17-16-41-3)38-19-23-26(34-38)33-30(31)39-28(23)32-27(35-39)25-6-5-15-43-25/h5-10,15,19-20,24H,4,11-14,16-18H2,1-3H3,(H2,31,33,34)/t20-,24+/m0/s1. The minimum atomic E-state index is -0.479. The number of carbonyl (C=O) groups excluding carboxylic acids is 1. The molecule has 5 heterocycles. The van der Waals surface area contributed by atoms with Crippen molar-refractivity contribution in [3.63, 3.8) is 0 Å². The molecule has 0 bridgehead atoms. The molecule has 1 aromatic carbocycles. The van der Waals surface area contributed by atoms with Crippen LogP contribution in [-0.4, -0.2) is 86.7 Å². The number of nitrogen functional groups attached to an aromatic ring is 1. The van der Waals surface area contributed by atoms with E-state index in [1.54, 1.807) is 30.2 Å². The quantitative estimate of drug-likeness (QED) is 0.228. The van der Waals surface area contributed by atoms with Crippen LogP contribution in [0.2, 0.25) is 0 Å². The number of hydrogen-bond donors (Lipinski definition) is 1. The summed E-state index contributed by atoms with van der Waals surface area (Å²) >= 11 is 0. The monoisotopic (exact) mass is 587 g/mol. The highest BCUT2D eigenvalue weighted by atomic mass is 16.5. The Balaban J connectivity index is 1.21. The van der Waals surface area contributed by atoms with Crippen LogP contribution in [0, 0.1) is 5.92 Å². The molecule has 4 aromatic heterocycles. The Kier molecular flexibility index (Phi) is 8.14. The van der Waals surface area contributed by atoms with E-state index in [0.29, 0.717) is 66.9 Å². The molecule has 6 rings (SSSR count). The average Bonchev–Trinajstić information content (AvgIpc) is 3.80. The third kappa shape index (κ3) is 5.85. The molecular weight excluding hydrogens is 550 g/mol. The summed E-state index contributed by atoms with van der Waals surface area (Å²) in [7, 11) is 1.66. The molecule has 1 saturated heterocycles. The molecule has 13 nitrogen and oxygen atoms in total. The molecule has 1 amide bonds. The van der Waals surface area contributed by atoms with Gasteiger partial charge in [-0.25, -0.2) is 4.98 Å². The molecule has 1 aliphatic rings. The Morgan fingerprint density at radius 3 is 2.56 bits per heavy atom. The Morgan fingerprint density at radius 1 is 1.07 bits per heavy atom. The molecule has 0 saturated carbocycles. The minimum Gasteiger partial charge on any atom is -0.491 e. The second kappa shape index (κ2) is 12.3. The van der Waals surface area contributed by atoms with Crippen molar-refractivity contribution in [1.29, 1.82) is 0 Å². The Bertz CT molecular complexity index is 1670. The van der Waals surface area contributed by atoms with Crippen LogP contribution in [0.5, 0.6) is 5.75 Å². The second-order valence-electron chi connectivity index (χ2n) is 10.9. The first kappa shape index (κ1) is 28.5.